The Labute approximate surface area is 116 Å². The van der Waals surface area contributed by atoms with Crippen LogP contribution in [0.4, 0.5) is 0 Å². The summed E-state index contributed by atoms with van der Waals surface area (Å²) >= 11 is 0. The van der Waals surface area contributed by atoms with Gasteiger partial charge in [-0.3, -0.25) is 4.79 Å². The summed E-state index contributed by atoms with van der Waals surface area (Å²) in [5.41, 5.74) is 3.02. The molecule has 5 nitrogen and oxygen atoms in total. The predicted octanol–water partition coefficient (Wildman–Crippen LogP) is 1.67. The molecule has 106 valence electrons. The van der Waals surface area contributed by atoms with E-state index in [9.17, 15) is 9.59 Å². The average molecular weight is 275 g/mol. The molecule has 1 N–H and O–H groups in total. The maximum Gasteiger partial charge on any atom is 0.336 e. The number of carbonyl (C=O) groups is 1. The number of nitrogens with one attached hydrogen (secondary N) is 1. The third-order valence-corrected chi connectivity index (χ3v) is 3.20. The van der Waals surface area contributed by atoms with Gasteiger partial charge in [-0.05, 0) is 42.7 Å². The van der Waals surface area contributed by atoms with Gasteiger partial charge in [-0.15, -0.1) is 0 Å². The molecule has 20 heavy (non-hydrogen) atoms. The fourth-order valence-electron chi connectivity index (χ4n) is 2.01. The first-order valence-electron chi connectivity index (χ1n) is 6.31. The smallest absolute Gasteiger partial charge is 0.336 e. The minimum Gasteiger partial charge on any atom is -0.423 e. The second-order valence-electron chi connectivity index (χ2n) is 4.73. The highest BCUT2D eigenvalue weighted by Gasteiger charge is 2.09. The van der Waals surface area contributed by atoms with E-state index in [1.54, 1.807) is 0 Å². The standard InChI is InChI=1S/C15H17NO4/c1-9-4-12-11(7-16-14(17)8-19-3)6-15(18)20-13(12)5-10(9)2/h4-6H,7-8H2,1-3H3,(H,16,17). The van der Waals surface area contributed by atoms with E-state index in [2.05, 4.69) is 5.32 Å². The van der Waals surface area contributed by atoms with Crippen molar-refractivity contribution in [1.82, 2.24) is 5.32 Å². The van der Waals surface area contributed by atoms with Crippen molar-refractivity contribution in [1.29, 1.82) is 0 Å². The summed E-state index contributed by atoms with van der Waals surface area (Å²) in [4.78, 5) is 23.0. The summed E-state index contributed by atoms with van der Waals surface area (Å²) in [6.45, 7) is 4.22. The van der Waals surface area contributed by atoms with Crippen molar-refractivity contribution >= 4 is 16.9 Å². The topological polar surface area (TPSA) is 68.5 Å². The van der Waals surface area contributed by atoms with Crippen LogP contribution in [0.2, 0.25) is 0 Å². The normalized spacial score (nSPS) is 10.8. The van der Waals surface area contributed by atoms with Crippen molar-refractivity contribution in [3.05, 3.63) is 45.3 Å². The lowest BCUT2D eigenvalue weighted by Crippen LogP contribution is -2.27. The number of benzene rings is 1. The summed E-state index contributed by atoms with van der Waals surface area (Å²) in [5, 5.41) is 3.55. The lowest BCUT2D eigenvalue weighted by atomic mass is 10.0. The van der Waals surface area contributed by atoms with Gasteiger partial charge in [0.2, 0.25) is 5.91 Å². The van der Waals surface area contributed by atoms with Crippen LogP contribution < -0.4 is 10.9 Å². The van der Waals surface area contributed by atoms with Gasteiger partial charge in [0, 0.05) is 25.1 Å². The van der Waals surface area contributed by atoms with Crippen molar-refractivity contribution in [2.45, 2.75) is 20.4 Å². The van der Waals surface area contributed by atoms with Crippen molar-refractivity contribution < 1.29 is 13.9 Å². The third kappa shape index (κ3) is 3.05. The molecule has 5 heteroatoms. The Bertz CT molecular complexity index is 703. The van der Waals surface area contributed by atoms with Crippen molar-refractivity contribution in [2.75, 3.05) is 13.7 Å². The SMILES string of the molecule is COCC(=O)NCc1cc(=O)oc2cc(C)c(C)cc12. The monoisotopic (exact) mass is 275 g/mol. The zero-order valence-corrected chi connectivity index (χ0v) is 11.8. The molecule has 0 unspecified atom stereocenters. The third-order valence-electron chi connectivity index (χ3n) is 3.20. The number of hydrogen-bond donors (Lipinski definition) is 1. The first-order chi connectivity index (χ1) is 9.51. The Morgan fingerprint density at radius 1 is 1.25 bits per heavy atom. The molecule has 0 saturated carbocycles. The molecule has 0 atom stereocenters. The first-order valence-corrected chi connectivity index (χ1v) is 6.31. The molecule has 0 radical (unpaired) electrons. The highest BCUT2D eigenvalue weighted by Crippen LogP contribution is 2.21. The molecular formula is C15H17NO4. The molecule has 1 heterocycles. The molecule has 1 aromatic heterocycles. The van der Waals surface area contributed by atoms with Gasteiger partial charge >= 0.3 is 5.63 Å². The van der Waals surface area contributed by atoms with Gasteiger partial charge in [0.05, 0.1) is 0 Å². The molecule has 2 aromatic rings. The Morgan fingerprint density at radius 3 is 2.65 bits per heavy atom. The van der Waals surface area contributed by atoms with Crippen LogP contribution in [0.1, 0.15) is 16.7 Å². The zero-order chi connectivity index (χ0) is 14.7. The molecule has 0 spiro atoms. The zero-order valence-electron chi connectivity index (χ0n) is 11.8. The number of aryl methyl sites for hydroxylation is 2. The average Bonchev–Trinajstić information content (AvgIpc) is 2.38. The van der Waals surface area contributed by atoms with E-state index in [-0.39, 0.29) is 19.1 Å². The fraction of sp³-hybridized carbons (Fsp3) is 0.333. The second kappa shape index (κ2) is 5.88. The Hall–Kier alpha value is -2.14. The minimum atomic E-state index is -0.420. The molecule has 0 aliphatic heterocycles. The molecule has 0 saturated heterocycles. The van der Waals surface area contributed by atoms with Crippen molar-refractivity contribution in [3.63, 3.8) is 0 Å². The molecule has 0 aliphatic carbocycles. The van der Waals surface area contributed by atoms with Gasteiger partial charge in [-0.1, -0.05) is 0 Å². The molecule has 1 amide bonds. The van der Waals surface area contributed by atoms with Crippen LogP contribution in [0.25, 0.3) is 11.0 Å². The summed E-state index contributed by atoms with van der Waals surface area (Å²) < 4.78 is 9.95. The van der Waals surface area contributed by atoms with Gasteiger partial charge < -0.3 is 14.5 Å². The van der Waals surface area contributed by atoms with Crippen molar-refractivity contribution in [2.24, 2.45) is 0 Å². The summed E-state index contributed by atoms with van der Waals surface area (Å²) in [6, 6.07) is 5.21. The van der Waals surface area contributed by atoms with Crippen LogP contribution in [0, 0.1) is 13.8 Å². The van der Waals surface area contributed by atoms with Crippen molar-refractivity contribution in [3.8, 4) is 0 Å². The lowest BCUT2D eigenvalue weighted by molar-refractivity contribution is -0.124. The van der Waals surface area contributed by atoms with Gasteiger partial charge in [-0.25, -0.2) is 4.79 Å². The van der Waals surface area contributed by atoms with E-state index in [1.807, 2.05) is 26.0 Å². The van der Waals surface area contributed by atoms with Crippen LogP contribution in [-0.2, 0) is 16.1 Å². The van der Waals surface area contributed by atoms with Crippen LogP contribution >= 0.6 is 0 Å². The van der Waals surface area contributed by atoms with E-state index >= 15 is 0 Å². The summed E-state index contributed by atoms with van der Waals surface area (Å²) in [5.74, 6) is -0.224. The van der Waals surface area contributed by atoms with Gasteiger partial charge in [0.15, 0.2) is 0 Å². The summed E-state index contributed by atoms with van der Waals surface area (Å²) in [7, 11) is 1.46. The van der Waals surface area contributed by atoms with E-state index < -0.39 is 5.63 Å². The maximum absolute atomic E-state index is 11.6. The minimum absolute atomic E-state index is 0.00247. The first kappa shape index (κ1) is 14.3. The van der Waals surface area contributed by atoms with E-state index in [0.29, 0.717) is 5.58 Å². The Morgan fingerprint density at radius 2 is 1.95 bits per heavy atom. The number of fused-ring (bicyclic) bond motifs is 1. The van der Waals surface area contributed by atoms with E-state index in [1.165, 1.54) is 13.2 Å². The number of amides is 1. The molecule has 0 bridgehead atoms. The maximum atomic E-state index is 11.6. The molecule has 1 aromatic carbocycles. The Balaban J connectivity index is 2.39. The number of methoxy groups -OCH3 is 1. The van der Waals surface area contributed by atoms with Crippen LogP contribution in [-0.4, -0.2) is 19.6 Å². The van der Waals surface area contributed by atoms with E-state index in [0.717, 1.165) is 22.1 Å². The highest BCUT2D eigenvalue weighted by molar-refractivity contribution is 5.83. The number of rotatable bonds is 4. The Kier molecular flexibility index (Phi) is 4.20. The second-order valence-corrected chi connectivity index (χ2v) is 4.73. The van der Waals surface area contributed by atoms with E-state index in [4.69, 9.17) is 9.15 Å². The molecular weight excluding hydrogens is 258 g/mol. The van der Waals surface area contributed by atoms with Crippen LogP contribution in [0.3, 0.4) is 0 Å². The number of carbonyl (C=O) groups excluding carboxylic acids is 1. The largest absolute Gasteiger partial charge is 0.423 e. The van der Waals surface area contributed by atoms with Gasteiger partial charge in [-0.2, -0.15) is 0 Å². The van der Waals surface area contributed by atoms with Crippen LogP contribution in [0.15, 0.2) is 27.4 Å². The summed E-state index contributed by atoms with van der Waals surface area (Å²) in [6.07, 6.45) is 0. The molecule has 0 fully saturated rings. The predicted molar refractivity (Wildman–Crippen MR) is 75.7 cm³/mol. The number of hydrogen-bond acceptors (Lipinski definition) is 4. The van der Waals surface area contributed by atoms with Gasteiger partial charge in [0.1, 0.15) is 12.2 Å². The van der Waals surface area contributed by atoms with Crippen LogP contribution in [0.5, 0.6) is 0 Å². The fourth-order valence-corrected chi connectivity index (χ4v) is 2.01. The number of ether oxygens (including phenoxy) is 1. The molecule has 0 aliphatic rings. The molecule has 2 rings (SSSR count). The quantitative estimate of drug-likeness (QED) is 0.862. The highest BCUT2D eigenvalue weighted by atomic mass is 16.5. The van der Waals surface area contributed by atoms with Gasteiger partial charge in [0.25, 0.3) is 0 Å². The lowest BCUT2D eigenvalue weighted by Gasteiger charge is -2.09.